The van der Waals surface area contributed by atoms with Gasteiger partial charge in [0.15, 0.2) is 11.7 Å². The molecular weight excluding hydrogens is 1130 g/mol. The van der Waals surface area contributed by atoms with E-state index in [4.69, 9.17) is 15.7 Å². The third-order valence-corrected chi connectivity index (χ3v) is 32.6. The van der Waals surface area contributed by atoms with Crippen LogP contribution in [0.1, 0.15) is 187 Å². The highest BCUT2D eigenvalue weighted by molar-refractivity contribution is 8.77. The van der Waals surface area contributed by atoms with Gasteiger partial charge in [-0.2, -0.15) is 0 Å². The predicted molar refractivity (Wildman–Crippen MR) is 344 cm³/mol. The van der Waals surface area contributed by atoms with E-state index in [1.807, 2.05) is 36.4 Å². The third-order valence-electron chi connectivity index (χ3n) is 29.1. The SMILES string of the molecule is CNC[C@@H]1[C@@H](O)[C@@H](O)C[C@@]2(C3CCCCC3)[C@@H]1C(=O)C=C1[C@@H]2[C@H](CN=C(N)N[C@@H](C)O)[C@H]2CC[C@H]3[C@@H]4[C@H](O)[C@@H]5C6=C(CCC[C@H]63)[C@H]3C(=C5C(C)(C)C[C@H](n5ccnc5)CSS[C@]5(CCCC56CCNCC6)[C@H]5C[C@H]4[C@]2(CO)[C@]15O)CCCC31CCCC1. The van der Waals surface area contributed by atoms with E-state index in [0.717, 1.165) is 134 Å². The number of aliphatic imine (C=N–C) groups is 1. The number of hydrogen-bond donors (Lipinski definition) is 10. The zero-order valence-corrected chi connectivity index (χ0v) is 54.6. The van der Waals surface area contributed by atoms with Crippen molar-refractivity contribution >= 4 is 33.3 Å². The van der Waals surface area contributed by atoms with E-state index >= 15 is 9.90 Å². The number of imidazole rings is 1. The number of carbonyl (C=O) groups is 1. The number of ketones is 1. The molecule has 11 fully saturated rings. The molecule has 4 bridgehead atoms. The maximum Gasteiger partial charge on any atom is 0.190 e. The van der Waals surface area contributed by atoms with Crippen molar-refractivity contribution in [2.45, 2.75) is 222 Å². The fourth-order valence-electron chi connectivity index (χ4n) is 26.9. The van der Waals surface area contributed by atoms with Crippen molar-refractivity contribution in [2.75, 3.05) is 45.6 Å². The first-order chi connectivity index (χ1) is 42.0. The van der Waals surface area contributed by atoms with Crippen molar-refractivity contribution in [1.82, 2.24) is 25.5 Å². The van der Waals surface area contributed by atoms with E-state index in [1.165, 1.54) is 44.1 Å². The summed E-state index contributed by atoms with van der Waals surface area (Å²) < 4.78 is 1.91. The van der Waals surface area contributed by atoms with Crippen LogP contribution >= 0.6 is 21.6 Å². The lowest BCUT2D eigenvalue weighted by Crippen LogP contribution is -2.74. The summed E-state index contributed by atoms with van der Waals surface area (Å²) in [4.78, 5) is 26.7. The molecule has 21 atom stereocenters. The predicted octanol–water partition coefficient (Wildman–Crippen LogP) is 9.42. The molecule has 9 saturated carbocycles. The zero-order valence-electron chi connectivity index (χ0n) is 52.9. The van der Waals surface area contributed by atoms with Crippen LogP contribution in [0.3, 0.4) is 0 Å². The summed E-state index contributed by atoms with van der Waals surface area (Å²) in [6, 6.07) is 0.114. The molecule has 0 radical (unpaired) electrons. The molecule has 2 saturated heterocycles. The molecule has 11 N–H and O–H groups in total. The maximum atomic E-state index is 16.6. The number of aliphatic hydroxyl groups excluding tert-OH is 5. The minimum atomic E-state index is -1.70. The molecule has 1 aromatic rings. The number of rotatable bonds is 8. The molecule has 2 aliphatic heterocycles. The Bertz CT molecular complexity index is 2910. The second-order valence-corrected chi connectivity index (χ2v) is 35.2. The fraction of sp³-hybridized carbons (Fsp3) is 0.845. The monoisotopic (exact) mass is 1230 g/mol. The molecule has 1 aromatic heterocycles. The molecule has 12 aliphatic carbocycles. The normalized spacial score (nSPS) is 46.7. The Morgan fingerprint density at radius 3 is 2.39 bits per heavy atom. The summed E-state index contributed by atoms with van der Waals surface area (Å²) in [5.41, 5.74) is 10.2. The molecule has 87 heavy (non-hydrogen) atoms. The van der Waals surface area contributed by atoms with Crippen LogP contribution in [0.15, 0.2) is 57.7 Å². The molecule has 16 heteroatoms. The van der Waals surface area contributed by atoms with Crippen molar-refractivity contribution in [3.8, 4) is 0 Å². The molecule has 0 amide bonds. The number of piperidine rings is 1. The minimum Gasteiger partial charge on any atom is -0.396 e. The molecule has 480 valence electrons. The van der Waals surface area contributed by atoms with Gasteiger partial charge in [-0.25, -0.2) is 4.98 Å². The Labute approximate surface area is 526 Å². The number of allylic oxidation sites excluding steroid dienone is 3. The number of carbonyl (C=O) groups excluding carboxylic acids is 1. The Morgan fingerprint density at radius 1 is 0.885 bits per heavy atom. The van der Waals surface area contributed by atoms with Crippen LogP contribution in [0, 0.1) is 104 Å². The molecule has 0 aromatic carbocycles. The van der Waals surface area contributed by atoms with Crippen LogP contribution in [0.25, 0.3) is 0 Å². The number of nitrogens with one attached hydrogen (secondary N) is 3. The van der Waals surface area contributed by atoms with Gasteiger partial charge in [0.25, 0.3) is 0 Å². The van der Waals surface area contributed by atoms with E-state index in [1.54, 1.807) is 23.6 Å². The van der Waals surface area contributed by atoms with Gasteiger partial charge in [0, 0.05) is 77.0 Å². The molecule has 3 spiro atoms. The summed E-state index contributed by atoms with van der Waals surface area (Å²) in [5.74, 6) is -1.61. The summed E-state index contributed by atoms with van der Waals surface area (Å²) in [5, 5.41) is 91.4. The quantitative estimate of drug-likeness (QED) is 0.0385. The van der Waals surface area contributed by atoms with Crippen LogP contribution < -0.4 is 21.7 Å². The Morgan fingerprint density at radius 2 is 1.66 bits per heavy atom. The largest absolute Gasteiger partial charge is 0.396 e. The number of nitrogens with zero attached hydrogens (tertiary/aromatic N) is 3. The first-order valence-electron chi connectivity index (χ1n) is 35.4. The van der Waals surface area contributed by atoms with Crippen LogP contribution in [-0.2, 0) is 4.79 Å². The van der Waals surface area contributed by atoms with E-state index in [-0.39, 0.29) is 107 Å². The summed E-state index contributed by atoms with van der Waals surface area (Å²) in [6.07, 6.45) is 29.6. The smallest absolute Gasteiger partial charge is 0.190 e. The Hall–Kier alpha value is -2.25. The van der Waals surface area contributed by atoms with Gasteiger partial charge in [0.05, 0.1) is 36.8 Å². The van der Waals surface area contributed by atoms with Gasteiger partial charge in [0.1, 0.15) is 6.23 Å². The van der Waals surface area contributed by atoms with Gasteiger partial charge >= 0.3 is 0 Å². The topological polar surface area (TPSA) is 231 Å². The first-order valence-corrected chi connectivity index (χ1v) is 37.8. The number of guanidine groups is 1. The highest BCUT2D eigenvalue weighted by Gasteiger charge is 2.83. The number of nitrogens with two attached hydrogens (primary N) is 1. The van der Waals surface area contributed by atoms with Crippen LogP contribution in [-0.4, -0.2) is 132 Å². The van der Waals surface area contributed by atoms with Crippen LogP contribution in [0.4, 0.5) is 0 Å². The van der Waals surface area contributed by atoms with Gasteiger partial charge in [-0.1, -0.05) is 96.3 Å². The lowest BCUT2D eigenvalue weighted by atomic mass is 9.35. The standard InChI is InChI=1S/C71H107N7O7S2/c1-40(80)77-64(72)76-36-47-49-19-18-44-43-15-10-16-45-55(43)57-61(46-17-11-22-66(58(45)46)20-8-9-21-66)65(2,3)33-42(78-30-29-75-39-78)37-86-87-70(24-12-23-67(70)25-27-74-28-26-67)54-32-50(56(44)63(57)84)69(49,38-79)71(54,85)51-31-52(81)60-48(35-73-4)62(83)53(82)34-68(60,59(47)51)41-13-6-5-7-14-41/h29-31,39-44,47-50,53-54,56-60,62-63,73-74,79-80,82-85H,5-28,32-38H2,1-4H3,(H3,72,76,77)/t40-,42+,43+,44-,47-,48+,49-,50-,53+,54-,56+,57-,58+,59+,60+,62-,63+,68+,69-,70-,71+/m1/s1. The highest BCUT2D eigenvalue weighted by Crippen LogP contribution is 2.83. The highest BCUT2D eigenvalue weighted by atomic mass is 33.1. The first kappa shape index (κ1) is 61.0. The molecular formula is C71H107N7O7S2. The van der Waals surface area contributed by atoms with Crippen molar-refractivity contribution in [3.05, 3.63) is 52.7 Å². The minimum absolute atomic E-state index is 0.0194. The van der Waals surface area contributed by atoms with E-state index in [2.05, 4.69) is 51.4 Å². The number of aliphatic hydroxyl groups is 6. The lowest BCUT2D eigenvalue weighted by molar-refractivity contribution is -0.233. The van der Waals surface area contributed by atoms with Crippen molar-refractivity contribution < 1.29 is 35.4 Å². The fourth-order valence-corrected chi connectivity index (χ4v) is 31.1. The average Bonchev–Trinajstić information content (AvgIpc) is 1.56. The molecule has 14 nitrogen and oxygen atoms in total. The van der Waals surface area contributed by atoms with E-state index < -0.39 is 63.5 Å². The second-order valence-electron chi connectivity index (χ2n) is 32.5. The van der Waals surface area contributed by atoms with Gasteiger partial charge < -0.3 is 56.9 Å². The van der Waals surface area contributed by atoms with Crippen LogP contribution in [0.5, 0.6) is 0 Å². The van der Waals surface area contributed by atoms with E-state index in [0.29, 0.717) is 18.9 Å². The summed E-state index contributed by atoms with van der Waals surface area (Å²) in [6.45, 7) is 8.87. The summed E-state index contributed by atoms with van der Waals surface area (Å²) >= 11 is 0. The average molecular weight is 1230 g/mol. The Kier molecular flexibility index (Phi) is 15.7. The third kappa shape index (κ3) is 8.56. The number of hydrogen-bond acceptors (Lipinski definition) is 13. The van der Waals surface area contributed by atoms with Gasteiger partial charge in [-0.3, -0.25) is 9.79 Å². The zero-order chi connectivity index (χ0) is 60.2. The molecule has 0 unspecified atom stereocenters. The maximum absolute atomic E-state index is 16.6. The van der Waals surface area contributed by atoms with Gasteiger partial charge in [-0.05, 0) is 230 Å². The summed E-state index contributed by atoms with van der Waals surface area (Å²) in [7, 11) is 5.99. The van der Waals surface area contributed by atoms with E-state index in [9.17, 15) is 25.5 Å². The molecule has 3 heterocycles. The van der Waals surface area contributed by atoms with Crippen molar-refractivity contribution in [1.29, 1.82) is 0 Å². The van der Waals surface area contributed by atoms with Crippen molar-refractivity contribution in [2.24, 2.45) is 115 Å². The van der Waals surface area contributed by atoms with Gasteiger partial charge in [0.2, 0.25) is 0 Å². The molecule has 14 aliphatic rings. The second kappa shape index (κ2) is 22.5. The Balaban J connectivity index is 1.03. The number of aromatic nitrogens is 2. The molecule has 15 rings (SSSR count). The van der Waals surface area contributed by atoms with Crippen LogP contribution in [0.2, 0.25) is 0 Å². The lowest BCUT2D eigenvalue weighted by Gasteiger charge is -2.70. The van der Waals surface area contributed by atoms with Crippen molar-refractivity contribution in [3.63, 3.8) is 0 Å². The van der Waals surface area contributed by atoms with Gasteiger partial charge in [-0.15, -0.1) is 0 Å². The number of fused-ring (bicyclic) bond motifs is 12.